The number of halogens is 3. The van der Waals surface area contributed by atoms with Crippen LogP contribution in [0.2, 0.25) is 0 Å². The van der Waals surface area contributed by atoms with Crippen molar-refractivity contribution in [2.45, 2.75) is 6.92 Å². The molecule has 20 heavy (non-hydrogen) atoms. The summed E-state index contributed by atoms with van der Waals surface area (Å²) in [5, 5.41) is 0. The van der Waals surface area contributed by atoms with Crippen LogP contribution in [0.3, 0.4) is 0 Å². The van der Waals surface area contributed by atoms with Gasteiger partial charge in [-0.3, -0.25) is 4.79 Å². The van der Waals surface area contributed by atoms with Gasteiger partial charge in [-0.05, 0) is 24.6 Å². The van der Waals surface area contributed by atoms with Gasteiger partial charge in [0.05, 0.1) is 0 Å². The van der Waals surface area contributed by atoms with E-state index in [1.807, 2.05) is 6.07 Å². The molecule has 0 aliphatic rings. The van der Waals surface area contributed by atoms with Crippen molar-refractivity contribution in [1.29, 1.82) is 0 Å². The number of ketones is 1. The van der Waals surface area contributed by atoms with Gasteiger partial charge in [0.1, 0.15) is 0 Å². The van der Waals surface area contributed by atoms with Crippen molar-refractivity contribution in [3.63, 3.8) is 0 Å². The summed E-state index contributed by atoms with van der Waals surface area (Å²) in [6.45, 7) is 1.45. The van der Waals surface area contributed by atoms with Crippen molar-refractivity contribution >= 4 is 21.7 Å². The van der Waals surface area contributed by atoms with Gasteiger partial charge in [-0.15, -0.1) is 0 Å². The summed E-state index contributed by atoms with van der Waals surface area (Å²) in [5.74, 6) is -2.72. The maximum atomic E-state index is 13.5. The van der Waals surface area contributed by atoms with Crippen LogP contribution in [0.25, 0.3) is 0 Å². The number of rotatable bonds is 4. The third-order valence-electron chi connectivity index (χ3n) is 2.76. The standard InChI is InChI=1S/C15H11BrF2O2/c1-9-4-2-3-5-11(9)13(19)8-20-14-7-10(16)6-12(17)15(14)18/h2-7H,8H2,1H3. The van der Waals surface area contributed by atoms with Crippen molar-refractivity contribution in [3.05, 3.63) is 63.6 Å². The Morgan fingerprint density at radius 3 is 2.65 bits per heavy atom. The molecule has 104 valence electrons. The zero-order valence-electron chi connectivity index (χ0n) is 10.6. The molecule has 0 saturated heterocycles. The maximum Gasteiger partial charge on any atom is 0.200 e. The van der Waals surface area contributed by atoms with E-state index in [4.69, 9.17) is 4.74 Å². The van der Waals surface area contributed by atoms with E-state index in [0.29, 0.717) is 10.0 Å². The summed E-state index contributed by atoms with van der Waals surface area (Å²) in [6, 6.07) is 9.29. The van der Waals surface area contributed by atoms with Crippen molar-refractivity contribution < 1.29 is 18.3 Å². The molecule has 0 saturated carbocycles. The minimum atomic E-state index is -1.11. The molecule has 0 spiro atoms. The lowest BCUT2D eigenvalue weighted by molar-refractivity contribution is 0.0917. The number of hydrogen-bond acceptors (Lipinski definition) is 2. The second-order valence-electron chi connectivity index (χ2n) is 4.23. The summed E-state index contributed by atoms with van der Waals surface area (Å²) in [5.41, 5.74) is 1.31. The van der Waals surface area contributed by atoms with Gasteiger partial charge in [-0.25, -0.2) is 4.39 Å². The van der Waals surface area contributed by atoms with E-state index in [1.165, 1.54) is 6.07 Å². The first kappa shape index (κ1) is 14.7. The fourth-order valence-corrected chi connectivity index (χ4v) is 2.15. The Kier molecular flexibility index (Phi) is 4.49. The van der Waals surface area contributed by atoms with E-state index >= 15 is 0 Å². The topological polar surface area (TPSA) is 26.3 Å². The number of Topliss-reactive ketones (excluding diaryl/α,β-unsaturated/α-hetero) is 1. The van der Waals surface area contributed by atoms with Crippen LogP contribution >= 0.6 is 15.9 Å². The second-order valence-corrected chi connectivity index (χ2v) is 5.14. The molecule has 5 heteroatoms. The lowest BCUT2D eigenvalue weighted by atomic mass is 10.1. The Bertz CT molecular complexity index is 656. The molecule has 2 rings (SSSR count). The van der Waals surface area contributed by atoms with Gasteiger partial charge in [-0.2, -0.15) is 4.39 Å². The molecule has 0 heterocycles. The normalized spacial score (nSPS) is 10.4. The summed E-state index contributed by atoms with van der Waals surface area (Å²) in [4.78, 5) is 12.0. The van der Waals surface area contributed by atoms with E-state index in [0.717, 1.165) is 11.6 Å². The molecule has 2 aromatic rings. The van der Waals surface area contributed by atoms with Crippen molar-refractivity contribution in [2.75, 3.05) is 6.61 Å². The van der Waals surface area contributed by atoms with Crippen molar-refractivity contribution in [3.8, 4) is 5.75 Å². The van der Waals surface area contributed by atoms with Gasteiger partial charge in [0.25, 0.3) is 0 Å². The molecule has 0 radical (unpaired) electrons. The highest BCUT2D eigenvalue weighted by molar-refractivity contribution is 9.10. The van der Waals surface area contributed by atoms with E-state index < -0.39 is 11.6 Å². The second kappa shape index (κ2) is 6.13. The van der Waals surface area contributed by atoms with Crippen LogP contribution < -0.4 is 4.74 Å². The van der Waals surface area contributed by atoms with Crippen molar-refractivity contribution in [1.82, 2.24) is 0 Å². The van der Waals surface area contributed by atoms with Crippen LogP contribution in [0.1, 0.15) is 15.9 Å². The highest BCUT2D eigenvalue weighted by Gasteiger charge is 2.14. The van der Waals surface area contributed by atoms with Gasteiger partial charge < -0.3 is 4.74 Å². The van der Waals surface area contributed by atoms with Gasteiger partial charge in [0.2, 0.25) is 5.82 Å². The van der Waals surface area contributed by atoms with Crippen LogP contribution in [0.5, 0.6) is 5.75 Å². The van der Waals surface area contributed by atoms with Crippen LogP contribution in [0.15, 0.2) is 40.9 Å². The zero-order chi connectivity index (χ0) is 14.7. The number of ether oxygens (including phenoxy) is 1. The molecule has 0 fully saturated rings. The first-order chi connectivity index (χ1) is 9.49. The monoisotopic (exact) mass is 340 g/mol. The SMILES string of the molecule is Cc1ccccc1C(=O)COc1cc(Br)cc(F)c1F. The first-order valence-electron chi connectivity index (χ1n) is 5.85. The van der Waals surface area contributed by atoms with Gasteiger partial charge >= 0.3 is 0 Å². The van der Waals surface area contributed by atoms with Crippen LogP contribution in [0, 0.1) is 18.6 Å². The van der Waals surface area contributed by atoms with Crippen molar-refractivity contribution in [2.24, 2.45) is 0 Å². The Labute approximate surface area is 123 Å². The van der Waals surface area contributed by atoms with E-state index in [2.05, 4.69) is 15.9 Å². The van der Waals surface area contributed by atoms with Gasteiger partial charge in [-0.1, -0.05) is 40.2 Å². The average molecular weight is 341 g/mol. The molecule has 0 bridgehead atoms. The fraction of sp³-hybridized carbons (Fsp3) is 0.133. The third kappa shape index (κ3) is 3.22. The highest BCUT2D eigenvalue weighted by atomic mass is 79.9. The molecular weight excluding hydrogens is 330 g/mol. The molecule has 0 unspecified atom stereocenters. The molecule has 0 aliphatic carbocycles. The smallest absolute Gasteiger partial charge is 0.200 e. The summed E-state index contributed by atoms with van der Waals surface area (Å²) in [7, 11) is 0. The Hall–Kier alpha value is -1.75. The minimum Gasteiger partial charge on any atom is -0.482 e. The molecule has 0 aliphatic heterocycles. The molecule has 0 N–H and O–H groups in total. The minimum absolute atomic E-state index is 0.289. The third-order valence-corrected chi connectivity index (χ3v) is 3.22. The quantitative estimate of drug-likeness (QED) is 0.612. The highest BCUT2D eigenvalue weighted by Crippen LogP contribution is 2.25. The van der Waals surface area contributed by atoms with E-state index in [-0.39, 0.29) is 18.1 Å². The number of carbonyl (C=O) groups is 1. The van der Waals surface area contributed by atoms with E-state index in [1.54, 1.807) is 25.1 Å². The maximum absolute atomic E-state index is 13.5. The number of aryl methyl sites for hydroxylation is 1. The lowest BCUT2D eigenvalue weighted by Crippen LogP contribution is -2.13. The van der Waals surface area contributed by atoms with Crippen LogP contribution in [-0.4, -0.2) is 12.4 Å². The molecule has 0 aromatic heterocycles. The van der Waals surface area contributed by atoms with Gasteiger partial charge in [0, 0.05) is 10.0 Å². The van der Waals surface area contributed by atoms with Crippen LogP contribution in [0.4, 0.5) is 8.78 Å². The number of carbonyl (C=O) groups excluding carboxylic acids is 1. The van der Waals surface area contributed by atoms with Crippen LogP contribution in [-0.2, 0) is 0 Å². The lowest BCUT2D eigenvalue weighted by Gasteiger charge is -2.09. The predicted octanol–water partition coefficient (Wildman–Crippen LogP) is 4.30. The van der Waals surface area contributed by atoms with Gasteiger partial charge in [0.15, 0.2) is 24.0 Å². The molecular formula is C15H11BrF2O2. The average Bonchev–Trinajstić information content (AvgIpc) is 2.41. The molecule has 2 nitrogen and oxygen atoms in total. The predicted molar refractivity (Wildman–Crippen MR) is 75.1 cm³/mol. The largest absolute Gasteiger partial charge is 0.482 e. The van der Waals surface area contributed by atoms with E-state index in [9.17, 15) is 13.6 Å². The Morgan fingerprint density at radius 1 is 1.25 bits per heavy atom. The zero-order valence-corrected chi connectivity index (χ0v) is 12.2. The molecule has 2 aromatic carbocycles. The first-order valence-corrected chi connectivity index (χ1v) is 6.64. The number of hydrogen-bond donors (Lipinski definition) is 0. The fourth-order valence-electron chi connectivity index (χ4n) is 1.74. The Morgan fingerprint density at radius 2 is 1.95 bits per heavy atom. The summed E-state index contributed by atoms with van der Waals surface area (Å²) in [6.07, 6.45) is 0. The summed E-state index contributed by atoms with van der Waals surface area (Å²) < 4.78 is 32.1. The molecule has 0 amide bonds. The Balaban J connectivity index is 2.14. The number of benzene rings is 2. The summed E-state index contributed by atoms with van der Waals surface area (Å²) >= 11 is 3.04. The molecule has 0 atom stereocenters.